The summed E-state index contributed by atoms with van der Waals surface area (Å²) >= 11 is 3.02. The fourth-order valence-corrected chi connectivity index (χ4v) is 1.93. The Morgan fingerprint density at radius 3 is 2.58 bits per heavy atom. The van der Waals surface area contributed by atoms with Crippen molar-refractivity contribution in [3.05, 3.63) is 46.7 Å². The van der Waals surface area contributed by atoms with Gasteiger partial charge in [0.1, 0.15) is 11.6 Å². The standard InChI is InChI=1S/C13H12BrF2N3/c1-2-18-8-3-9(7-17-6-8)19-13-4-10(14)11(15)5-12(13)16/h3-7,18-19H,2H2,1H3. The Morgan fingerprint density at radius 2 is 1.84 bits per heavy atom. The lowest BCUT2D eigenvalue weighted by molar-refractivity contribution is 0.581. The number of nitrogens with one attached hydrogen (secondary N) is 2. The maximum absolute atomic E-state index is 13.6. The first-order valence-electron chi connectivity index (χ1n) is 5.70. The van der Waals surface area contributed by atoms with Crippen molar-refractivity contribution in [3.8, 4) is 0 Å². The van der Waals surface area contributed by atoms with Crippen LogP contribution in [0.3, 0.4) is 0 Å². The van der Waals surface area contributed by atoms with Gasteiger partial charge in [-0.1, -0.05) is 0 Å². The molecule has 2 aromatic rings. The second kappa shape index (κ2) is 5.97. The lowest BCUT2D eigenvalue weighted by atomic mass is 10.2. The van der Waals surface area contributed by atoms with Gasteiger partial charge in [-0.3, -0.25) is 4.98 Å². The lowest BCUT2D eigenvalue weighted by Crippen LogP contribution is -2.00. The predicted octanol–water partition coefficient (Wildman–Crippen LogP) is 4.30. The third-order valence-electron chi connectivity index (χ3n) is 2.41. The van der Waals surface area contributed by atoms with Crippen LogP contribution in [-0.4, -0.2) is 11.5 Å². The Kier molecular flexibility index (Phi) is 4.31. The second-order valence-corrected chi connectivity index (χ2v) is 4.72. The van der Waals surface area contributed by atoms with E-state index in [0.29, 0.717) is 5.69 Å². The highest BCUT2D eigenvalue weighted by Gasteiger charge is 2.08. The van der Waals surface area contributed by atoms with Gasteiger partial charge >= 0.3 is 0 Å². The zero-order valence-corrected chi connectivity index (χ0v) is 11.8. The molecule has 0 unspecified atom stereocenters. The molecule has 0 radical (unpaired) electrons. The van der Waals surface area contributed by atoms with Gasteiger partial charge in [0, 0.05) is 12.6 Å². The molecule has 3 nitrogen and oxygen atoms in total. The minimum Gasteiger partial charge on any atom is -0.384 e. The number of rotatable bonds is 4. The molecule has 1 aromatic heterocycles. The van der Waals surface area contributed by atoms with E-state index in [0.717, 1.165) is 18.3 Å². The fourth-order valence-electron chi connectivity index (χ4n) is 1.58. The third kappa shape index (κ3) is 3.41. The summed E-state index contributed by atoms with van der Waals surface area (Å²) in [6.45, 7) is 2.73. The van der Waals surface area contributed by atoms with Gasteiger partial charge in [0.15, 0.2) is 0 Å². The van der Waals surface area contributed by atoms with Crippen LogP contribution in [0.25, 0.3) is 0 Å². The SMILES string of the molecule is CCNc1cncc(Nc2cc(Br)c(F)cc2F)c1. The molecule has 6 heteroatoms. The summed E-state index contributed by atoms with van der Waals surface area (Å²) in [7, 11) is 0. The maximum Gasteiger partial charge on any atom is 0.149 e. The van der Waals surface area contributed by atoms with Crippen molar-refractivity contribution in [3.63, 3.8) is 0 Å². The highest BCUT2D eigenvalue weighted by Crippen LogP contribution is 2.26. The van der Waals surface area contributed by atoms with Crippen molar-refractivity contribution in [2.24, 2.45) is 0 Å². The predicted molar refractivity (Wildman–Crippen MR) is 75.7 cm³/mol. The van der Waals surface area contributed by atoms with Gasteiger partial charge in [-0.25, -0.2) is 8.78 Å². The van der Waals surface area contributed by atoms with Crippen molar-refractivity contribution < 1.29 is 8.78 Å². The summed E-state index contributed by atoms with van der Waals surface area (Å²) in [6.07, 6.45) is 3.24. The molecule has 0 bridgehead atoms. The summed E-state index contributed by atoms with van der Waals surface area (Å²) in [5, 5.41) is 5.97. The smallest absolute Gasteiger partial charge is 0.149 e. The quantitative estimate of drug-likeness (QED) is 0.822. The number of halogens is 3. The normalized spacial score (nSPS) is 10.3. The topological polar surface area (TPSA) is 37.0 Å². The summed E-state index contributed by atoms with van der Waals surface area (Å²) in [4.78, 5) is 4.04. The molecule has 0 saturated heterocycles. The number of anilines is 3. The largest absolute Gasteiger partial charge is 0.384 e. The van der Waals surface area contributed by atoms with Crippen molar-refractivity contribution in [1.82, 2.24) is 4.98 Å². The van der Waals surface area contributed by atoms with E-state index in [1.807, 2.05) is 6.92 Å². The van der Waals surface area contributed by atoms with Crippen molar-refractivity contribution >= 4 is 33.0 Å². The van der Waals surface area contributed by atoms with Gasteiger partial charge in [-0.05, 0) is 35.0 Å². The summed E-state index contributed by atoms with van der Waals surface area (Å²) in [6, 6.07) is 3.98. The number of hydrogen-bond donors (Lipinski definition) is 2. The molecule has 0 aliphatic carbocycles. The Balaban J connectivity index is 2.25. The van der Waals surface area contributed by atoms with Crippen molar-refractivity contribution in [2.75, 3.05) is 17.2 Å². The maximum atomic E-state index is 13.6. The fraction of sp³-hybridized carbons (Fsp3) is 0.154. The first-order chi connectivity index (χ1) is 9.10. The van der Waals surface area contributed by atoms with Crippen LogP contribution in [0.15, 0.2) is 35.1 Å². The molecule has 1 heterocycles. The molecular formula is C13H12BrF2N3. The highest BCUT2D eigenvalue weighted by molar-refractivity contribution is 9.10. The van der Waals surface area contributed by atoms with E-state index in [9.17, 15) is 8.78 Å². The van der Waals surface area contributed by atoms with Gasteiger partial charge < -0.3 is 10.6 Å². The minimum atomic E-state index is -0.658. The molecule has 0 saturated carbocycles. The van der Waals surface area contributed by atoms with Crippen LogP contribution in [0.5, 0.6) is 0 Å². The molecule has 0 atom stereocenters. The summed E-state index contributed by atoms with van der Waals surface area (Å²) in [5.74, 6) is -1.29. The zero-order chi connectivity index (χ0) is 13.8. The van der Waals surface area contributed by atoms with Crippen LogP contribution in [0.2, 0.25) is 0 Å². The lowest BCUT2D eigenvalue weighted by Gasteiger charge is -2.10. The van der Waals surface area contributed by atoms with Crippen LogP contribution in [0.1, 0.15) is 6.92 Å². The molecule has 0 fully saturated rings. The van der Waals surface area contributed by atoms with Crippen LogP contribution in [-0.2, 0) is 0 Å². The minimum absolute atomic E-state index is 0.184. The molecule has 1 aromatic carbocycles. The monoisotopic (exact) mass is 327 g/mol. The molecule has 2 rings (SSSR count). The molecule has 0 aliphatic rings. The van der Waals surface area contributed by atoms with E-state index in [4.69, 9.17) is 0 Å². The van der Waals surface area contributed by atoms with Gasteiger partial charge in [0.2, 0.25) is 0 Å². The average molecular weight is 328 g/mol. The van der Waals surface area contributed by atoms with Gasteiger partial charge in [-0.15, -0.1) is 0 Å². The van der Waals surface area contributed by atoms with E-state index in [2.05, 4.69) is 31.5 Å². The summed E-state index contributed by atoms with van der Waals surface area (Å²) in [5.41, 5.74) is 1.63. The molecule has 2 N–H and O–H groups in total. The Hall–Kier alpha value is -1.69. The Bertz CT molecular complexity index is 590. The number of aromatic nitrogens is 1. The molecule has 0 aliphatic heterocycles. The van der Waals surface area contributed by atoms with E-state index in [1.54, 1.807) is 18.5 Å². The molecular weight excluding hydrogens is 316 g/mol. The van der Waals surface area contributed by atoms with Gasteiger partial charge in [-0.2, -0.15) is 0 Å². The van der Waals surface area contributed by atoms with E-state index in [-0.39, 0.29) is 10.2 Å². The van der Waals surface area contributed by atoms with Gasteiger partial charge in [0.05, 0.1) is 33.9 Å². The second-order valence-electron chi connectivity index (χ2n) is 3.86. The molecule has 100 valence electrons. The number of benzene rings is 1. The van der Waals surface area contributed by atoms with Crippen LogP contribution >= 0.6 is 15.9 Å². The number of pyridine rings is 1. The number of nitrogens with zero attached hydrogens (tertiary/aromatic N) is 1. The van der Waals surface area contributed by atoms with E-state index in [1.165, 1.54) is 6.07 Å². The molecule has 0 spiro atoms. The summed E-state index contributed by atoms with van der Waals surface area (Å²) < 4.78 is 26.9. The van der Waals surface area contributed by atoms with Crippen molar-refractivity contribution in [1.29, 1.82) is 0 Å². The van der Waals surface area contributed by atoms with Crippen LogP contribution in [0, 0.1) is 11.6 Å². The first kappa shape index (κ1) is 13.7. The Morgan fingerprint density at radius 1 is 1.11 bits per heavy atom. The van der Waals surface area contributed by atoms with E-state index >= 15 is 0 Å². The number of hydrogen-bond acceptors (Lipinski definition) is 3. The average Bonchev–Trinajstić information content (AvgIpc) is 2.37. The Labute approximate surface area is 118 Å². The van der Waals surface area contributed by atoms with E-state index < -0.39 is 11.6 Å². The van der Waals surface area contributed by atoms with Crippen molar-refractivity contribution in [2.45, 2.75) is 6.92 Å². The van der Waals surface area contributed by atoms with Crippen LogP contribution < -0.4 is 10.6 Å². The zero-order valence-electron chi connectivity index (χ0n) is 10.2. The first-order valence-corrected chi connectivity index (χ1v) is 6.50. The van der Waals surface area contributed by atoms with Gasteiger partial charge in [0.25, 0.3) is 0 Å². The third-order valence-corrected chi connectivity index (χ3v) is 3.02. The molecule has 0 amide bonds. The molecule has 19 heavy (non-hydrogen) atoms. The highest BCUT2D eigenvalue weighted by atomic mass is 79.9. The van der Waals surface area contributed by atoms with Crippen LogP contribution in [0.4, 0.5) is 25.8 Å².